The number of hydrogen-bond acceptors (Lipinski definition) is 2. The molecule has 0 rings (SSSR count). The summed E-state index contributed by atoms with van der Waals surface area (Å²) in [4.78, 5) is 11.1. The third kappa shape index (κ3) is 6.95. The fraction of sp³-hybridized carbons (Fsp3) is 0.643. The smallest absolute Gasteiger partial charge is 0.333 e. The molecule has 0 aliphatic carbocycles. The van der Waals surface area contributed by atoms with Gasteiger partial charge in [-0.1, -0.05) is 13.2 Å². The molecule has 3 nitrogen and oxygen atoms in total. The summed E-state index contributed by atoms with van der Waals surface area (Å²) in [5, 5.41) is 0. The van der Waals surface area contributed by atoms with Crippen LogP contribution in [-0.4, -0.2) is 43.7 Å². The number of nitrogens with zero attached hydrogens (tertiary/aromatic N) is 1. The van der Waals surface area contributed by atoms with Crippen LogP contribution >= 0.6 is 0 Å². The minimum absolute atomic E-state index is 0.288. The Kier molecular flexibility index (Phi) is 7.55. The number of rotatable bonds is 9. The van der Waals surface area contributed by atoms with Crippen molar-refractivity contribution in [2.45, 2.75) is 26.7 Å². The van der Waals surface area contributed by atoms with Gasteiger partial charge in [-0.15, -0.1) is 0 Å². The summed E-state index contributed by atoms with van der Waals surface area (Å²) in [7, 11) is 2.22. The zero-order valence-electron chi connectivity index (χ0n) is 11.5. The van der Waals surface area contributed by atoms with Crippen LogP contribution in [0.1, 0.15) is 26.7 Å². The molecule has 0 fully saturated rings. The van der Waals surface area contributed by atoms with Crippen LogP contribution in [-0.2, 0) is 9.53 Å². The van der Waals surface area contributed by atoms with Crippen LogP contribution in [0.2, 0.25) is 0 Å². The second kappa shape index (κ2) is 8.07. The van der Waals surface area contributed by atoms with Gasteiger partial charge in [0.25, 0.3) is 0 Å². The lowest BCUT2D eigenvalue weighted by molar-refractivity contribution is -0.902. The second-order valence-electron chi connectivity index (χ2n) is 4.75. The highest BCUT2D eigenvalue weighted by Gasteiger charge is 2.16. The molecule has 0 aromatic rings. The predicted octanol–water partition coefficient (Wildman–Crippen LogP) is 2.54. The molecule has 98 valence electrons. The summed E-state index contributed by atoms with van der Waals surface area (Å²) in [5.74, 6) is -0.288. The topological polar surface area (TPSA) is 26.3 Å². The van der Waals surface area contributed by atoms with E-state index in [9.17, 15) is 4.79 Å². The van der Waals surface area contributed by atoms with Gasteiger partial charge in [-0.3, -0.25) is 0 Å². The molecule has 0 aliphatic rings. The highest BCUT2D eigenvalue weighted by Crippen LogP contribution is 2.06. The van der Waals surface area contributed by atoms with Crippen molar-refractivity contribution in [3.8, 4) is 0 Å². The van der Waals surface area contributed by atoms with Gasteiger partial charge < -0.3 is 9.22 Å². The van der Waals surface area contributed by atoms with E-state index in [2.05, 4.69) is 27.1 Å². The van der Waals surface area contributed by atoms with Gasteiger partial charge in [-0.05, 0) is 32.8 Å². The third-order valence-electron chi connectivity index (χ3n) is 3.01. The normalized spacial score (nSPS) is 13.8. The van der Waals surface area contributed by atoms with Gasteiger partial charge in [0.15, 0.2) is 0 Å². The SMILES string of the molecule is C=CC[N+](C)(CC)CCCCOC(=O)C(=C)C. The highest BCUT2D eigenvalue weighted by atomic mass is 16.5. The number of quaternary nitrogens is 1. The molecule has 17 heavy (non-hydrogen) atoms. The molecule has 0 saturated heterocycles. The summed E-state index contributed by atoms with van der Waals surface area (Å²) in [6.07, 6.45) is 3.93. The van der Waals surface area contributed by atoms with Crippen LogP contribution in [0.3, 0.4) is 0 Å². The quantitative estimate of drug-likeness (QED) is 0.203. The number of carbonyl (C=O) groups excluding carboxylic acids is 1. The summed E-state index contributed by atoms with van der Waals surface area (Å²) < 4.78 is 6.04. The maximum Gasteiger partial charge on any atom is 0.333 e. The third-order valence-corrected chi connectivity index (χ3v) is 3.01. The van der Waals surface area contributed by atoms with Crippen LogP contribution in [0, 0.1) is 0 Å². The molecule has 0 saturated carbocycles. The predicted molar refractivity (Wildman–Crippen MR) is 71.7 cm³/mol. The molecular weight excluding hydrogens is 214 g/mol. The van der Waals surface area contributed by atoms with E-state index in [1.165, 1.54) is 0 Å². The fourth-order valence-electron chi connectivity index (χ4n) is 1.57. The first-order chi connectivity index (χ1) is 7.95. The van der Waals surface area contributed by atoms with Gasteiger partial charge in [-0.2, -0.15) is 0 Å². The lowest BCUT2D eigenvalue weighted by Gasteiger charge is -2.32. The second-order valence-corrected chi connectivity index (χ2v) is 4.75. The van der Waals surface area contributed by atoms with Crippen molar-refractivity contribution in [1.29, 1.82) is 0 Å². The zero-order chi connectivity index (χ0) is 13.3. The fourth-order valence-corrected chi connectivity index (χ4v) is 1.57. The van der Waals surface area contributed by atoms with Crippen molar-refractivity contribution in [2.75, 3.05) is 33.3 Å². The van der Waals surface area contributed by atoms with Crippen molar-refractivity contribution in [1.82, 2.24) is 0 Å². The van der Waals surface area contributed by atoms with Crippen LogP contribution in [0.15, 0.2) is 24.8 Å². The maximum absolute atomic E-state index is 11.1. The van der Waals surface area contributed by atoms with Crippen molar-refractivity contribution >= 4 is 5.97 Å². The summed E-state index contributed by atoms with van der Waals surface area (Å²) >= 11 is 0. The Balaban J connectivity index is 3.73. The number of ether oxygens (including phenoxy) is 1. The van der Waals surface area contributed by atoms with E-state index in [-0.39, 0.29) is 5.97 Å². The molecule has 0 aromatic carbocycles. The summed E-state index contributed by atoms with van der Waals surface area (Å²) in [6, 6.07) is 0. The van der Waals surface area contributed by atoms with Gasteiger partial charge in [0.05, 0.1) is 33.3 Å². The van der Waals surface area contributed by atoms with Crippen molar-refractivity contribution in [2.24, 2.45) is 0 Å². The van der Waals surface area contributed by atoms with E-state index in [1.807, 2.05) is 6.08 Å². The Bertz CT molecular complexity index is 273. The zero-order valence-corrected chi connectivity index (χ0v) is 11.5. The van der Waals surface area contributed by atoms with Gasteiger partial charge >= 0.3 is 5.97 Å². The molecule has 0 aliphatic heterocycles. The van der Waals surface area contributed by atoms with E-state index in [1.54, 1.807) is 6.92 Å². The van der Waals surface area contributed by atoms with E-state index >= 15 is 0 Å². The van der Waals surface area contributed by atoms with Crippen molar-refractivity contribution in [3.05, 3.63) is 24.8 Å². The lowest BCUT2D eigenvalue weighted by Crippen LogP contribution is -2.44. The minimum Gasteiger partial charge on any atom is -0.462 e. The Labute approximate surface area is 105 Å². The molecule has 0 N–H and O–H groups in total. The standard InChI is InChI=1S/C14H26NO2/c1-6-10-15(5,7-2)11-8-9-12-17-14(16)13(3)4/h6H,1,3,7-12H2,2,4-5H3/q+1. The van der Waals surface area contributed by atoms with E-state index < -0.39 is 0 Å². The summed E-state index contributed by atoms with van der Waals surface area (Å²) in [6.45, 7) is 14.8. The van der Waals surface area contributed by atoms with Crippen molar-refractivity contribution < 1.29 is 14.0 Å². The van der Waals surface area contributed by atoms with Crippen LogP contribution in [0.25, 0.3) is 0 Å². The van der Waals surface area contributed by atoms with Crippen LogP contribution < -0.4 is 0 Å². The van der Waals surface area contributed by atoms with Gasteiger partial charge in [0, 0.05) is 5.57 Å². The Hall–Kier alpha value is -1.09. The Morgan fingerprint density at radius 3 is 2.53 bits per heavy atom. The molecule has 3 heteroatoms. The van der Waals surface area contributed by atoms with Crippen LogP contribution in [0.4, 0.5) is 0 Å². The first kappa shape index (κ1) is 15.9. The molecule has 0 bridgehead atoms. The average Bonchev–Trinajstić information content (AvgIpc) is 2.28. The van der Waals surface area contributed by atoms with E-state index in [0.717, 1.165) is 37.0 Å². The summed E-state index contributed by atoms with van der Waals surface area (Å²) in [5.41, 5.74) is 0.464. The van der Waals surface area contributed by atoms with E-state index in [0.29, 0.717) is 12.2 Å². The molecule has 0 radical (unpaired) electrons. The first-order valence-corrected chi connectivity index (χ1v) is 6.22. The van der Waals surface area contributed by atoms with Crippen molar-refractivity contribution in [3.63, 3.8) is 0 Å². The lowest BCUT2D eigenvalue weighted by atomic mass is 10.2. The maximum atomic E-state index is 11.1. The molecular formula is C14H26NO2+. The number of hydrogen-bond donors (Lipinski definition) is 0. The number of likely N-dealkylation sites (N-methyl/N-ethyl adjacent to an activating group) is 1. The van der Waals surface area contributed by atoms with E-state index in [4.69, 9.17) is 4.74 Å². The van der Waals surface area contributed by atoms with Gasteiger partial charge in [0.1, 0.15) is 0 Å². The first-order valence-electron chi connectivity index (χ1n) is 6.22. The minimum atomic E-state index is -0.288. The molecule has 0 heterocycles. The van der Waals surface area contributed by atoms with Gasteiger partial charge in [0.2, 0.25) is 0 Å². The number of esters is 1. The average molecular weight is 240 g/mol. The monoisotopic (exact) mass is 240 g/mol. The number of unbranched alkanes of at least 4 members (excludes halogenated alkanes) is 1. The highest BCUT2D eigenvalue weighted by molar-refractivity contribution is 5.86. The molecule has 0 spiro atoms. The molecule has 0 amide bonds. The molecule has 1 atom stereocenters. The van der Waals surface area contributed by atoms with Gasteiger partial charge in [-0.25, -0.2) is 4.79 Å². The largest absolute Gasteiger partial charge is 0.462 e. The molecule has 0 aromatic heterocycles. The Morgan fingerprint density at radius 1 is 1.41 bits per heavy atom. The Morgan fingerprint density at radius 2 is 2.06 bits per heavy atom. The van der Waals surface area contributed by atoms with Crippen LogP contribution in [0.5, 0.6) is 0 Å². The molecule has 1 unspecified atom stereocenters. The number of carbonyl (C=O) groups is 1.